The van der Waals surface area contributed by atoms with Crippen molar-refractivity contribution in [3.8, 4) is 11.5 Å². The van der Waals surface area contributed by atoms with Gasteiger partial charge in [-0.15, -0.1) is 0 Å². The van der Waals surface area contributed by atoms with Gasteiger partial charge in [0.25, 0.3) is 0 Å². The van der Waals surface area contributed by atoms with Crippen molar-refractivity contribution in [2.45, 2.75) is 33.4 Å². The molecule has 0 radical (unpaired) electrons. The second kappa shape index (κ2) is 10.3. The summed E-state index contributed by atoms with van der Waals surface area (Å²) < 4.78 is 50.1. The molecule has 9 heteroatoms. The monoisotopic (exact) mass is 438 g/mol. The van der Waals surface area contributed by atoms with Crippen LogP contribution in [0.2, 0.25) is 0 Å². The van der Waals surface area contributed by atoms with E-state index in [0.717, 1.165) is 22.2 Å². The van der Waals surface area contributed by atoms with E-state index < -0.39 is 27.8 Å². The van der Waals surface area contributed by atoms with Crippen molar-refractivity contribution < 1.29 is 27.1 Å². The Balaban J connectivity index is 2.17. The molecule has 1 N–H and O–H groups in total. The second-order valence-electron chi connectivity index (χ2n) is 6.58. The maximum absolute atomic E-state index is 13.6. The smallest absolute Gasteiger partial charge is 0.243 e. The Morgan fingerprint density at radius 1 is 1.10 bits per heavy atom. The molecule has 2 rings (SSSR count). The highest BCUT2D eigenvalue weighted by Gasteiger charge is 2.29. The van der Waals surface area contributed by atoms with Crippen molar-refractivity contribution in [2.24, 2.45) is 0 Å². The first-order chi connectivity index (χ1) is 14.2. The number of hydrogen-bond donors (Lipinski definition) is 1. The average Bonchev–Trinajstić information content (AvgIpc) is 2.67. The summed E-state index contributed by atoms with van der Waals surface area (Å²) in [6.07, 6.45) is 0.975. The predicted molar refractivity (Wildman–Crippen MR) is 114 cm³/mol. The second-order valence-corrected chi connectivity index (χ2v) is 8.44. The molecule has 1 atom stereocenters. The lowest BCUT2D eigenvalue weighted by molar-refractivity contribution is -0.122. The van der Waals surface area contributed by atoms with Gasteiger partial charge in [-0.25, -0.2) is 12.8 Å². The fourth-order valence-corrected chi connectivity index (χ4v) is 4.13. The van der Waals surface area contributed by atoms with Gasteiger partial charge in [0.2, 0.25) is 15.9 Å². The summed E-state index contributed by atoms with van der Waals surface area (Å²) in [5, 5.41) is 2.72. The normalized spacial score (nSPS) is 12.2. The van der Waals surface area contributed by atoms with Gasteiger partial charge in [0.1, 0.15) is 11.9 Å². The van der Waals surface area contributed by atoms with Crippen LogP contribution in [0.4, 0.5) is 10.1 Å². The fourth-order valence-electron chi connectivity index (χ4n) is 2.96. The molecule has 0 saturated heterocycles. The van der Waals surface area contributed by atoms with Gasteiger partial charge < -0.3 is 14.8 Å². The molecule has 2 aromatic rings. The van der Waals surface area contributed by atoms with E-state index in [-0.39, 0.29) is 12.2 Å². The highest BCUT2D eigenvalue weighted by molar-refractivity contribution is 7.92. The van der Waals surface area contributed by atoms with E-state index in [4.69, 9.17) is 9.47 Å². The molecule has 2 aromatic carbocycles. The number of nitrogens with one attached hydrogen (secondary N) is 1. The fraction of sp³-hybridized carbons (Fsp3) is 0.381. The van der Waals surface area contributed by atoms with Crippen molar-refractivity contribution in [1.29, 1.82) is 0 Å². The van der Waals surface area contributed by atoms with E-state index >= 15 is 0 Å². The van der Waals surface area contributed by atoms with Crippen molar-refractivity contribution in [1.82, 2.24) is 5.32 Å². The van der Waals surface area contributed by atoms with Crippen LogP contribution in [0, 0.1) is 5.82 Å². The third-order valence-electron chi connectivity index (χ3n) is 4.23. The standard InChI is InChI=1S/C21H27FN2O5S/c1-5-28-19-11-10-16(12-20(19)29-6-2)14-23-21(25)15(3)24(30(4,26)27)18-9-7-8-17(22)13-18/h7-13,15H,5-6,14H2,1-4H3,(H,23,25)/t15-/m0/s1. The minimum absolute atomic E-state index is 0.0832. The van der Waals surface area contributed by atoms with Crippen molar-refractivity contribution in [3.63, 3.8) is 0 Å². The molecule has 0 aliphatic heterocycles. The lowest BCUT2D eigenvalue weighted by Gasteiger charge is -2.28. The number of rotatable bonds is 10. The average molecular weight is 439 g/mol. The Kier molecular flexibility index (Phi) is 8.05. The predicted octanol–water partition coefficient (Wildman–Crippen LogP) is 3.09. The molecular formula is C21H27FN2O5S. The van der Waals surface area contributed by atoms with Gasteiger partial charge in [-0.1, -0.05) is 12.1 Å². The molecule has 0 fully saturated rings. The number of ether oxygens (including phenoxy) is 2. The van der Waals surface area contributed by atoms with E-state index in [1.165, 1.54) is 25.1 Å². The summed E-state index contributed by atoms with van der Waals surface area (Å²) in [5.74, 6) is 0.0666. The van der Waals surface area contributed by atoms with Crippen LogP contribution in [-0.4, -0.2) is 39.8 Å². The molecule has 164 valence electrons. The SMILES string of the molecule is CCOc1ccc(CNC(=O)[C@H](C)N(c2cccc(F)c2)S(C)(=O)=O)cc1OCC. The molecule has 0 unspecified atom stereocenters. The minimum Gasteiger partial charge on any atom is -0.490 e. The number of carbonyl (C=O) groups excluding carboxylic acids is 1. The van der Waals surface area contributed by atoms with Gasteiger partial charge in [0.15, 0.2) is 11.5 Å². The Bertz CT molecular complexity index is 981. The van der Waals surface area contributed by atoms with Crippen LogP contribution in [0.25, 0.3) is 0 Å². The van der Waals surface area contributed by atoms with Crippen LogP contribution in [0.1, 0.15) is 26.3 Å². The lowest BCUT2D eigenvalue weighted by atomic mass is 10.2. The van der Waals surface area contributed by atoms with E-state index in [1.807, 2.05) is 13.8 Å². The highest BCUT2D eigenvalue weighted by Crippen LogP contribution is 2.28. The summed E-state index contributed by atoms with van der Waals surface area (Å²) in [6, 6.07) is 9.35. The summed E-state index contributed by atoms with van der Waals surface area (Å²) in [7, 11) is -3.82. The Morgan fingerprint density at radius 3 is 2.37 bits per heavy atom. The van der Waals surface area contributed by atoms with Crippen molar-refractivity contribution in [2.75, 3.05) is 23.8 Å². The minimum atomic E-state index is -3.82. The van der Waals surface area contributed by atoms with E-state index in [2.05, 4.69) is 5.32 Å². The molecule has 0 aromatic heterocycles. The highest BCUT2D eigenvalue weighted by atomic mass is 32.2. The van der Waals surface area contributed by atoms with E-state index in [9.17, 15) is 17.6 Å². The van der Waals surface area contributed by atoms with Crippen LogP contribution < -0.4 is 19.1 Å². The number of sulfonamides is 1. The molecular weight excluding hydrogens is 411 g/mol. The third kappa shape index (κ3) is 6.09. The van der Waals surface area contributed by atoms with Gasteiger partial charge in [-0.2, -0.15) is 0 Å². The molecule has 30 heavy (non-hydrogen) atoms. The van der Waals surface area contributed by atoms with Crippen LogP contribution in [-0.2, 0) is 21.4 Å². The van der Waals surface area contributed by atoms with E-state index in [1.54, 1.807) is 18.2 Å². The number of carbonyl (C=O) groups is 1. The quantitative estimate of drug-likeness (QED) is 0.616. The first kappa shape index (κ1) is 23.5. The summed E-state index contributed by atoms with van der Waals surface area (Å²) in [5.41, 5.74) is 0.846. The number of halogens is 1. The molecule has 0 aliphatic carbocycles. The molecule has 0 heterocycles. The maximum Gasteiger partial charge on any atom is 0.243 e. The lowest BCUT2D eigenvalue weighted by Crippen LogP contribution is -2.47. The Morgan fingerprint density at radius 2 is 1.77 bits per heavy atom. The van der Waals surface area contributed by atoms with Gasteiger partial charge >= 0.3 is 0 Å². The Hall–Kier alpha value is -2.81. The molecule has 0 saturated carbocycles. The van der Waals surface area contributed by atoms with Gasteiger partial charge in [-0.3, -0.25) is 9.10 Å². The summed E-state index contributed by atoms with van der Waals surface area (Å²) >= 11 is 0. The van der Waals surface area contributed by atoms with Crippen molar-refractivity contribution >= 4 is 21.6 Å². The first-order valence-corrected chi connectivity index (χ1v) is 11.4. The van der Waals surface area contributed by atoms with Crippen LogP contribution in [0.15, 0.2) is 42.5 Å². The van der Waals surface area contributed by atoms with Crippen LogP contribution in [0.5, 0.6) is 11.5 Å². The zero-order chi connectivity index (χ0) is 22.3. The maximum atomic E-state index is 13.6. The zero-order valence-electron chi connectivity index (χ0n) is 17.5. The zero-order valence-corrected chi connectivity index (χ0v) is 18.3. The molecule has 1 amide bonds. The van der Waals surface area contributed by atoms with Gasteiger partial charge in [-0.05, 0) is 56.7 Å². The molecule has 0 aliphatic rings. The summed E-state index contributed by atoms with van der Waals surface area (Å²) in [4.78, 5) is 12.7. The number of benzene rings is 2. The molecule has 0 spiro atoms. The first-order valence-electron chi connectivity index (χ1n) is 9.58. The topological polar surface area (TPSA) is 84.9 Å². The summed E-state index contributed by atoms with van der Waals surface area (Å²) in [6.45, 7) is 6.30. The number of hydrogen-bond acceptors (Lipinski definition) is 5. The third-order valence-corrected chi connectivity index (χ3v) is 5.47. The Labute approximate surface area is 176 Å². The number of nitrogens with zero attached hydrogens (tertiary/aromatic N) is 1. The van der Waals surface area contributed by atoms with Crippen LogP contribution >= 0.6 is 0 Å². The molecule has 0 bridgehead atoms. The van der Waals surface area contributed by atoms with Crippen LogP contribution in [0.3, 0.4) is 0 Å². The number of amides is 1. The van der Waals surface area contributed by atoms with Gasteiger partial charge in [0.05, 0.1) is 25.2 Å². The van der Waals surface area contributed by atoms with Crippen molar-refractivity contribution in [3.05, 3.63) is 53.8 Å². The molecule has 7 nitrogen and oxygen atoms in total. The van der Waals surface area contributed by atoms with Gasteiger partial charge in [0, 0.05) is 6.54 Å². The largest absolute Gasteiger partial charge is 0.490 e. The van der Waals surface area contributed by atoms with E-state index in [0.29, 0.717) is 24.7 Å². The number of anilines is 1.